The minimum absolute atomic E-state index is 0.0597. The van der Waals surface area contributed by atoms with E-state index in [0.29, 0.717) is 25.9 Å². The predicted octanol–water partition coefficient (Wildman–Crippen LogP) is 0.922. The fourth-order valence-electron chi connectivity index (χ4n) is 2.42. The highest BCUT2D eigenvalue weighted by atomic mass is 32.2. The first-order valence-corrected chi connectivity index (χ1v) is 10.6. The number of nitrogens with one attached hydrogen (secondary N) is 1. The van der Waals surface area contributed by atoms with Gasteiger partial charge < -0.3 is 0 Å². The van der Waals surface area contributed by atoms with Gasteiger partial charge in [-0.3, -0.25) is 0 Å². The second-order valence-electron chi connectivity index (χ2n) is 5.41. The van der Waals surface area contributed by atoms with Crippen LogP contribution in [0.1, 0.15) is 24.8 Å². The van der Waals surface area contributed by atoms with E-state index in [-0.39, 0.29) is 18.1 Å². The molecule has 0 bridgehead atoms. The number of benzene rings is 1. The Bertz CT molecular complexity index is 672. The minimum Gasteiger partial charge on any atom is -0.215 e. The molecule has 1 aliphatic rings. The zero-order valence-corrected chi connectivity index (χ0v) is 14.1. The molecule has 124 valence electrons. The lowest BCUT2D eigenvalue weighted by Gasteiger charge is -2.26. The average molecular weight is 346 g/mol. The molecule has 0 saturated carbocycles. The Hall–Kier alpha value is -0.960. The summed E-state index contributed by atoms with van der Waals surface area (Å²) in [7, 11) is -6.52. The summed E-state index contributed by atoms with van der Waals surface area (Å²) in [5.41, 5.74) is 0.730. The molecule has 0 aliphatic carbocycles. The molecule has 1 aliphatic heterocycles. The summed E-state index contributed by atoms with van der Waals surface area (Å²) < 4.78 is 51.5. The Balaban J connectivity index is 1.76. The zero-order valence-electron chi connectivity index (χ0n) is 12.4. The van der Waals surface area contributed by atoms with E-state index in [0.717, 1.165) is 12.0 Å². The third-order valence-electron chi connectivity index (χ3n) is 3.56. The van der Waals surface area contributed by atoms with Crippen molar-refractivity contribution in [1.29, 1.82) is 0 Å². The number of hydrogen-bond donors (Lipinski definition) is 1. The van der Waals surface area contributed by atoms with Crippen LogP contribution in [0.15, 0.2) is 30.3 Å². The van der Waals surface area contributed by atoms with Gasteiger partial charge in [0.25, 0.3) is 0 Å². The fraction of sp³-hybridized carbons (Fsp3) is 0.571. The summed E-state index contributed by atoms with van der Waals surface area (Å²) in [6.07, 6.45) is 2.06. The monoisotopic (exact) mass is 346 g/mol. The van der Waals surface area contributed by atoms with Crippen molar-refractivity contribution in [2.45, 2.75) is 25.0 Å². The smallest absolute Gasteiger partial charge is 0.215 e. The first kappa shape index (κ1) is 17.4. The Labute approximate surface area is 132 Å². The molecule has 0 radical (unpaired) electrons. The van der Waals surface area contributed by atoms with Gasteiger partial charge in [0.2, 0.25) is 20.0 Å². The molecule has 1 heterocycles. The summed E-state index contributed by atoms with van der Waals surface area (Å²) in [4.78, 5) is 0. The molecule has 6 nitrogen and oxygen atoms in total. The van der Waals surface area contributed by atoms with Crippen molar-refractivity contribution in [1.82, 2.24) is 9.03 Å². The standard InChI is InChI=1S/C14H22N2O4S2/c17-21(18,13-14-7-2-1-3-8-14)15-9-6-11-16-10-4-5-12-22(16,19)20/h1-3,7-8,15H,4-6,9-13H2. The third kappa shape index (κ3) is 5.35. The molecule has 1 fully saturated rings. The topological polar surface area (TPSA) is 83.6 Å². The van der Waals surface area contributed by atoms with Crippen molar-refractivity contribution in [2.24, 2.45) is 0 Å². The SMILES string of the molecule is O=S(=O)(Cc1ccccc1)NCCCN1CCCCS1(=O)=O. The molecule has 0 unspecified atom stereocenters. The van der Waals surface area contributed by atoms with Crippen LogP contribution in [0.4, 0.5) is 0 Å². The number of rotatable bonds is 7. The number of hydrogen-bond acceptors (Lipinski definition) is 4. The third-order valence-corrected chi connectivity index (χ3v) is 6.87. The molecule has 1 aromatic rings. The van der Waals surface area contributed by atoms with Gasteiger partial charge in [-0.25, -0.2) is 25.9 Å². The highest BCUT2D eigenvalue weighted by molar-refractivity contribution is 7.89. The predicted molar refractivity (Wildman–Crippen MR) is 86.3 cm³/mol. The molecular weight excluding hydrogens is 324 g/mol. The van der Waals surface area contributed by atoms with Crippen LogP contribution in [-0.4, -0.2) is 46.5 Å². The highest BCUT2D eigenvalue weighted by Gasteiger charge is 2.25. The summed E-state index contributed by atoms with van der Waals surface area (Å²) in [5.74, 6) is 0.141. The van der Waals surface area contributed by atoms with Gasteiger partial charge in [0.15, 0.2) is 0 Å². The average Bonchev–Trinajstić information content (AvgIpc) is 2.45. The minimum atomic E-state index is -3.38. The van der Waals surface area contributed by atoms with Crippen molar-refractivity contribution in [3.8, 4) is 0 Å². The van der Waals surface area contributed by atoms with Crippen LogP contribution in [0, 0.1) is 0 Å². The second-order valence-corrected chi connectivity index (χ2v) is 9.31. The molecule has 8 heteroatoms. The normalized spacial score (nSPS) is 19.1. The number of sulfonamides is 2. The maximum atomic E-state index is 11.9. The van der Waals surface area contributed by atoms with Crippen LogP contribution in [0.5, 0.6) is 0 Å². The summed E-state index contributed by atoms with van der Waals surface area (Å²) in [6, 6.07) is 8.96. The van der Waals surface area contributed by atoms with Gasteiger partial charge in [-0.1, -0.05) is 30.3 Å². The van der Waals surface area contributed by atoms with Gasteiger partial charge in [0.05, 0.1) is 11.5 Å². The van der Waals surface area contributed by atoms with E-state index in [4.69, 9.17) is 0 Å². The zero-order chi connectivity index (χ0) is 16.1. The van der Waals surface area contributed by atoms with Gasteiger partial charge in [-0.05, 0) is 24.8 Å². The second kappa shape index (κ2) is 7.54. The first-order valence-electron chi connectivity index (χ1n) is 7.38. The fourth-order valence-corrected chi connectivity index (χ4v) is 5.25. The molecule has 1 aromatic carbocycles. The lowest BCUT2D eigenvalue weighted by Crippen LogP contribution is -2.39. The van der Waals surface area contributed by atoms with Crippen molar-refractivity contribution in [3.63, 3.8) is 0 Å². The maximum Gasteiger partial charge on any atom is 0.215 e. The van der Waals surface area contributed by atoms with Crippen LogP contribution < -0.4 is 4.72 Å². The first-order chi connectivity index (χ1) is 10.4. The van der Waals surface area contributed by atoms with Gasteiger partial charge in [0, 0.05) is 19.6 Å². The van der Waals surface area contributed by atoms with E-state index in [9.17, 15) is 16.8 Å². The van der Waals surface area contributed by atoms with Gasteiger partial charge in [-0.15, -0.1) is 0 Å². The van der Waals surface area contributed by atoms with E-state index in [1.165, 1.54) is 4.31 Å². The van der Waals surface area contributed by atoms with Crippen LogP contribution in [0.25, 0.3) is 0 Å². The summed E-state index contributed by atoms with van der Waals surface area (Å²) in [5, 5.41) is 0. The lowest BCUT2D eigenvalue weighted by atomic mass is 10.2. The summed E-state index contributed by atoms with van der Waals surface area (Å²) >= 11 is 0. The van der Waals surface area contributed by atoms with Crippen molar-refractivity contribution in [3.05, 3.63) is 35.9 Å². The molecule has 1 N–H and O–H groups in total. The molecular formula is C14H22N2O4S2. The number of nitrogens with zero attached hydrogens (tertiary/aromatic N) is 1. The summed E-state index contributed by atoms with van der Waals surface area (Å²) in [6.45, 7) is 1.16. The van der Waals surface area contributed by atoms with Crippen molar-refractivity contribution < 1.29 is 16.8 Å². The van der Waals surface area contributed by atoms with Gasteiger partial charge in [0.1, 0.15) is 0 Å². The highest BCUT2D eigenvalue weighted by Crippen LogP contribution is 2.13. The maximum absolute atomic E-state index is 11.9. The Morgan fingerprint density at radius 2 is 1.86 bits per heavy atom. The van der Waals surface area contributed by atoms with E-state index in [1.807, 2.05) is 6.07 Å². The molecule has 0 atom stereocenters. The van der Waals surface area contributed by atoms with Crippen molar-refractivity contribution in [2.75, 3.05) is 25.4 Å². The molecule has 0 aromatic heterocycles. The Morgan fingerprint density at radius 1 is 1.14 bits per heavy atom. The van der Waals surface area contributed by atoms with Crippen LogP contribution >= 0.6 is 0 Å². The van der Waals surface area contributed by atoms with Crippen molar-refractivity contribution >= 4 is 20.0 Å². The molecule has 1 saturated heterocycles. The Morgan fingerprint density at radius 3 is 2.55 bits per heavy atom. The van der Waals surface area contributed by atoms with Crippen LogP contribution in [0.2, 0.25) is 0 Å². The van der Waals surface area contributed by atoms with E-state index in [2.05, 4.69) is 4.72 Å². The largest absolute Gasteiger partial charge is 0.215 e. The quantitative estimate of drug-likeness (QED) is 0.744. The van der Waals surface area contributed by atoms with Crippen LogP contribution in [-0.2, 0) is 25.8 Å². The van der Waals surface area contributed by atoms with Crippen LogP contribution in [0.3, 0.4) is 0 Å². The van der Waals surface area contributed by atoms with E-state index >= 15 is 0 Å². The lowest BCUT2D eigenvalue weighted by molar-refractivity contribution is 0.378. The molecule has 22 heavy (non-hydrogen) atoms. The van der Waals surface area contributed by atoms with Gasteiger partial charge >= 0.3 is 0 Å². The molecule has 2 rings (SSSR count). The van der Waals surface area contributed by atoms with E-state index in [1.54, 1.807) is 24.3 Å². The van der Waals surface area contributed by atoms with E-state index < -0.39 is 20.0 Å². The molecule has 0 spiro atoms. The van der Waals surface area contributed by atoms with Gasteiger partial charge in [-0.2, -0.15) is 0 Å². The Kier molecular flexibility index (Phi) is 5.96. The molecule has 0 amide bonds.